The van der Waals surface area contributed by atoms with Crippen molar-refractivity contribution >= 4 is 11.8 Å². The summed E-state index contributed by atoms with van der Waals surface area (Å²) >= 11 is 0. The minimum absolute atomic E-state index is 0.00938. The molecule has 1 unspecified atom stereocenters. The second-order valence-corrected chi connectivity index (χ2v) is 8.34. The number of rotatable bonds is 11. The molecule has 0 spiro atoms. The van der Waals surface area contributed by atoms with Crippen molar-refractivity contribution in [2.75, 3.05) is 0 Å². The van der Waals surface area contributed by atoms with E-state index < -0.39 is 24.1 Å². The summed E-state index contributed by atoms with van der Waals surface area (Å²) < 4.78 is 40.6. The Morgan fingerprint density at radius 3 is 2.55 bits per heavy atom. The Balaban J connectivity index is 1.49. The number of fused-ring (bicyclic) bond motifs is 1. The molecular formula is C24H27F3N2O4. The number of pyridine rings is 2. The van der Waals surface area contributed by atoms with Crippen LogP contribution >= 0.6 is 0 Å². The zero-order chi connectivity index (χ0) is 23.8. The van der Waals surface area contributed by atoms with Crippen LogP contribution in [0.1, 0.15) is 73.4 Å². The maximum absolute atomic E-state index is 12.5. The number of ketones is 1. The topological polar surface area (TPSA) is 89.4 Å². The molecule has 1 N–H and O–H groups in total. The van der Waals surface area contributed by atoms with E-state index in [-0.39, 0.29) is 18.6 Å². The monoisotopic (exact) mass is 464 g/mol. The average Bonchev–Trinajstić information content (AvgIpc) is 2.75. The molecule has 1 aliphatic rings. The van der Waals surface area contributed by atoms with Gasteiger partial charge in [0.1, 0.15) is 5.78 Å². The van der Waals surface area contributed by atoms with Gasteiger partial charge in [0.2, 0.25) is 5.88 Å². The molecule has 2 heterocycles. The number of carboxylic acid groups (broad SMARTS) is 1. The molecule has 2 aromatic heterocycles. The number of alkyl halides is 3. The van der Waals surface area contributed by atoms with E-state index in [1.165, 1.54) is 30.2 Å². The lowest BCUT2D eigenvalue weighted by atomic mass is 9.90. The molecule has 178 valence electrons. The summed E-state index contributed by atoms with van der Waals surface area (Å²) in [4.78, 5) is 32.0. The van der Waals surface area contributed by atoms with Crippen molar-refractivity contribution in [1.29, 1.82) is 0 Å². The van der Waals surface area contributed by atoms with Crippen molar-refractivity contribution in [2.45, 2.75) is 76.5 Å². The van der Waals surface area contributed by atoms with Gasteiger partial charge in [-0.1, -0.05) is 12.1 Å². The molecule has 0 saturated carbocycles. The molecule has 0 amide bonds. The lowest BCUT2D eigenvalue weighted by molar-refractivity contribution is -0.276. The van der Waals surface area contributed by atoms with Crippen LogP contribution in [0, 0.1) is 0 Å². The van der Waals surface area contributed by atoms with Gasteiger partial charge in [-0.15, -0.1) is 13.2 Å². The van der Waals surface area contributed by atoms with Gasteiger partial charge in [0, 0.05) is 42.4 Å². The van der Waals surface area contributed by atoms with Gasteiger partial charge >= 0.3 is 12.3 Å². The summed E-state index contributed by atoms with van der Waals surface area (Å²) in [6.45, 7) is 0. The molecule has 0 aromatic carbocycles. The summed E-state index contributed by atoms with van der Waals surface area (Å²) in [5.74, 6) is -2.48. The van der Waals surface area contributed by atoms with Crippen molar-refractivity contribution in [3.05, 3.63) is 53.0 Å². The van der Waals surface area contributed by atoms with Crippen LogP contribution in [0.2, 0.25) is 0 Å². The summed E-state index contributed by atoms with van der Waals surface area (Å²) in [5.41, 5.74) is 3.93. The van der Waals surface area contributed by atoms with Gasteiger partial charge in [0.15, 0.2) is 0 Å². The summed E-state index contributed by atoms with van der Waals surface area (Å²) in [7, 11) is 0. The van der Waals surface area contributed by atoms with Crippen molar-refractivity contribution in [3.63, 3.8) is 0 Å². The normalized spacial score (nSPS) is 14.4. The van der Waals surface area contributed by atoms with Crippen LogP contribution < -0.4 is 4.74 Å². The van der Waals surface area contributed by atoms with Crippen molar-refractivity contribution in [1.82, 2.24) is 9.97 Å². The Morgan fingerprint density at radius 1 is 1.06 bits per heavy atom. The van der Waals surface area contributed by atoms with Crippen LogP contribution in [0.25, 0.3) is 0 Å². The molecule has 0 fully saturated rings. The number of carbonyl (C=O) groups excluding carboxylic acids is 1. The van der Waals surface area contributed by atoms with E-state index in [4.69, 9.17) is 4.98 Å². The van der Waals surface area contributed by atoms with Gasteiger partial charge in [-0.05, 0) is 62.1 Å². The van der Waals surface area contributed by atoms with Gasteiger partial charge < -0.3 is 9.84 Å². The highest BCUT2D eigenvalue weighted by Crippen LogP contribution is 2.27. The Bertz CT molecular complexity index is 961. The highest BCUT2D eigenvalue weighted by molar-refractivity contribution is 5.80. The molecule has 2 aromatic rings. The minimum atomic E-state index is -4.86. The SMILES string of the molecule is O=C(O)CC(CC(=O)CCCCc1ccc2c(n1)CCCC2)c1ccc(OC(F)(F)F)nc1. The molecular weight excluding hydrogens is 437 g/mol. The van der Waals surface area contributed by atoms with E-state index in [9.17, 15) is 27.9 Å². The zero-order valence-corrected chi connectivity index (χ0v) is 18.2. The number of carbonyl (C=O) groups is 2. The first-order chi connectivity index (χ1) is 15.7. The van der Waals surface area contributed by atoms with Crippen LogP contribution in [0.4, 0.5) is 13.2 Å². The Labute approximate surface area is 190 Å². The van der Waals surface area contributed by atoms with Gasteiger partial charge in [-0.3, -0.25) is 14.6 Å². The summed E-state index contributed by atoms with van der Waals surface area (Å²) in [6, 6.07) is 6.54. The number of aryl methyl sites for hydroxylation is 3. The fourth-order valence-electron chi connectivity index (χ4n) is 4.10. The lowest BCUT2D eigenvalue weighted by Gasteiger charge is -2.16. The number of halogens is 3. The van der Waals surface area contributed by atoms with E-state index >= 15 is 0 Å². The predicted octanol–water partition coefficient (Wildman–Crippen LogP) is 5.18. The zero-order valence-electron chi connectivity index (χ0n) is 18.2. The molecule has 33 heavy (non-hydrogen) atoms. The third-order valence-corrected chi connectivity index (χ3v) is 5.72. The van der Waals surface area contributed by atoms with Crippen LogP contribution in [-0.2, 0) is 28.9 Å². The summed E-state index contributed by atoms with van der Waals surface area (Å²) in [5, 5.41) is 9.18. The van der Waals surface area contributed by atoms with Gasteiger partial charge in [-0.2, -0.15) is 0 Å². The fourth-order valence-corrected chi connectivity index (χ4v) is 4.10. The fraction of sp³-hybridized carbons (Fsp3) is 0.500. The third kappa shape index (κ3) is 8.14. The highest BCUT2D eigenvalue weighted by Gasteiger charge is 2.32. The van der Waals surface area contributed by atoms with Gasteiger partial charge in [0.25, 0.3) is 0 Å². The molecule has 0 bridgehead atoms. The average molecular weight is 464 g/mol. The predicted molar refractivity (Wildman–Crippen MR) is 114 cm³/mol. The van der Waals surface area contributed by atoms with E-state index in [1.54, 1.807) is 0 Å². The third-order valence-electron chi connectivity index (χ3n) is 5.72. The van der Waals surface area contributed by atoms with Gasteiger partial charge in [0.05, 0.1) is 6.42 Å². The second kappa shape index (κ2) is 11.2. The maximum atomic E-state index is 12.5. The van der Waals surface area contributed by atoms with Gasteiger partial charge in [-0.25, -0.2) is 4.98 Å². The molecule has 0 saturated heterocycles. The summed E-state index contributed by atoms with van der Waals surface area (Å²) in [6.07, 6.45) is 2.98. The van der Waals surface area contributed by atoms with E-state index in [2.05, 4.69) is 15.8 Å². The number of aliphatic carboxylic acids is 1. The van der Waals surface area contributed by atoms with Crippen LogP contribution in [0.15, 0.2) is 30.5 Å². The van der Waals surface area contributed by atoms with Crippen molar-refractivity contribution < 1.29 is 32.6 Å². The van der Waals surface area contributed by atoms with Crippen LogP contribution in [-0.4, -0.2) is 33.2 Å². The van der Waals surface area contributed by atoms with Crippen molar-refractivity contribution in [3.8, 4) is 5.88 Å². The van der Waals surface area contributed by atoms with Crippen molar-refractivity contribution in [2.24, 2.45) is 0 Å². The standard InChI is InChI=1S/C24H27F3N2O4/c25-24(26,27)33-22-12-10-17(15-28-22)18(14-23(31)32)13-20(30)7-3-2-6-19-11-9-16-5-1-4-8-21(16)29-19/h9-12,15,18H,1-8,13-14H2,(H,31,32). The molecule has 1 aliphatic carbocycles. The number of ether oxygens (including phenoxy) is 1. The van der Waals surface area contributed by atoms with E-state index in [0.717, 1.165) is 43.6 Å². The van der Waals surface area contributed by atoms with E-state index in [1.807, 2.05) is 6.07 Å². The number of carboxylic acids is 1. The first-order valence-corrected chi connectivity index (χ1v) is 11.1. The van der Waals surface area contributed by atoms with Crippen LogP contribution in [0.5, 0.6) is 5.88 Å². The van der Waals surface area contributed by atoms with Crippen LogP contribution in [0.3, 0.4) is 0 Å². The quantitative estimate of drug-likeness (QED) is 0.461. The van der Waals surface area contributed by atoms with E-state index in [0.29, 0.717) is 18.4 Å². The molecule has 3 rings (SSSR count). The second-order valence-electron chi connectivity index (χ2n) is 8.34. The lowest BCUT2D eigenvalue weighted by Crippen LogP contribution is -2.18. The molecule has 9 heteroatoms. The largest absolute Gasteiger partial charge is 0.574 e. The Morgan fingerprint density at radius 2 is 1.85 bits per heavy atom. The first-order valence-electron chi connectivity index (χ1n) is 11.1. The highest BCUT2D eigenvalue weighted by atomic mass is 19.4. The first kappa shape index (κ1) is 24.7. The maximum Gasteiger partial charge on any atom is 0.574 e. The Kier molecular flexibility index (Phi) is 8.41. The molecule has 1 atom stereocenters. The number of Topliss-reactive ketones (excluding diaryl/α,β-unsaturated/α-hetero) is 1. The Hall–Kier alpha value is -2.97. The smallest absolute Gasteiger partial charge is 0.481 e. The molecule has 6 nitrogen and oxygen atoms in total. The minimum Gasteiger partial charge on any atom is -0.481 e. The number of hydrogen-bond donors (Lipinski definition) is 1. The number of aromatic nitrogens is 2. The molecule has 0 radical (unpaired) electrons. The number of unbranched alkanes of at least 4 members (excludes halogenated alkanes) is 1. The number of hydrogen-bond acceptors (Lipinski definition) is 5. The molecule has 0 aliphatic heterocycles. The number of nitrogens with zero attached hydrogens (tertiary/aromatic N) is 2.